The fourth-order valence-corrected chi connectivity index (χ4v) is 5.76. The molecular formula is C26H32ClN3O2S. The zero-order valence-corrected chi connectivity index (χ0v) is 21.5. The van der Waals surface area contributed by atoms with Gasteiger partial charge in [0.2, 0.25) is 5.91 Å². The second kappa shape index (κ2) is 10.5. The van der Waals surface area contributed by atoms with Gasteiger partial charge in [0, 0.05) is 31.2 Å². The molecule has 176 valence electrons. The summed E-state index contributed by atoms with van der Waals surface area (Å²) in [5.41, 5.74) is 6.52. The quantitative estimate of drug-likeness (QED) is 0.444. The molecular weight excluding hydrogens is 454 g/mol. The Hall–Kier alpha value is -1.99. The first-order chi connectivity index (χ1) is 15.8. The summed E-state index contributed by atoms with van der Waals surface area (Å²) in [7, 11) is 0. The molecule has 5 nitrogen and oxygen atoms in total. The highest BCUT2D eigenvalue weighted by Crippen LogP contribution is 2.34. The predicted octanol–water partition coefficient (Wildman–Crippen LogP) is 5.48. The molecule has 3 aromatic rings. The number of morpholine rings is 1. The lowest BCUT2D eigenvalue weighted by molar-refractivity contribution is -0.118. The van der Waals surface area contributed by atoms with E-state index in [0.29, 0.717) is 18.0 Å². The summed E-state index contributed by atoms with van der Waals surface area (Å²) in [6.45, 7) is 13.3. The van der Waals surface area contributed by atoms with Crippen LogP contribution < -0.4 is 4.90 Å². The van der Waals surface area contributed by atoms with Crippen molar-refractivity contribution in [3.63, 3.8) is 0 Å². The Labute approximate surface area is 205 Å². The molecule has 4 rings (SSSR count). The summed E-state index contributed by atoms with van der Waals surface area (Å²) in [4.78, 5) is 22.8. The van der Waals surface area contributed by atoms with E-state index >= 15 is 0 Å². The number of aromatic nitrogens is 1. The maximum atomic E-state index is 13.6. The van der Waals surface area contributed by atoms with Crippen molar-refractivity contribution in [2.75, 3.05) is 44.3 Å². The lowest BCUT2D eigenvalue weighted by Gasteiger charge is -2.28. The van der Waals surface area contributed by atoms with Crippen molar-refractivity contribution < 1.29 is 9.53 Å². The van der Waals surface area contributed by atoms with Crippen LogP contribution in [0.25, 0.3) is 10.2 Å². The minimum Gasteiger partial charge on any atom is -0.379 e. The second-order valence-electron chi connectivity index (χ2n) is 8.92. The van der Waals surface area contributed by atoms with E-state index in [-0.39, 0.29) is 5.91 Å². The fraction of sp³-hybridized carbons (Fsp3) is 0.462. The van der Waals surface area contributed by atoms with Gasteiger partial charge < -0.3 is 4.74 Å². The highest BCUT2D eigenvalue weighted by Gasteiger charge is 2.23. The molecule has 0 saturated carbocycles. The highest BCUT2D eigenvalue weighted by molar-refractivity contribution is 7.22. The van der Waals surface area contributed by atoms with Crippen LogP contribution in [0.1, 0.15) is 34.2 Å². The third-order valence-corrected chi connectivity index (χ3v) is 7.85. The molecule has 2 heterocycles. The molecule has 1 aliphatic heterocycles. The van der Waals surface area contributed by atoms with Crippen LogP contribution in [-0.2, 0) is 16.0 Å². The van der Waals surface area contributed by atoms with Crippen LogP contribution in [0.15, 0.2) is 24.3 Å². The summed E-state index contributed by atoms with van der Waals surface area (Å²) >= 11 is 7.90. The molecule has 1 fully saturated rings. The van der Waals surface area contributed by atoms with Crippen molar-refractivity contribution in [3.05, 3.63) is 57.1 Å². The Kier molecular flexibility index (Phi) is 7.69. The van der Waals surface area contributed by atoms with E-state index in [1.165, 1.54) is 16.7 Å². The van der Waals surface area contributed by atoms with E-state index in [1.54, 1.807) is 11.3 Å². The van der Waals surface area contributed by atoms with Gasteiger partial charge in [-0.15, -0.1) is 0 Å². The largest absolute Gasteiger partial charge is 0.379 e. The van der Waals surface area contributed by atoms with E-state index in [9.17, 15) is 4.79 Å². The average Bonchev–Trinajstić information content (AvgIpc) is 3.21. The lowest BCUT2D eigenvalue weighted by atomic mass is 9.97. The minimum absolute atomic E-state index is 0.0924. The van der Waals surface area contributed by atoms with Crippen LogP contribution in [0.5, 0.6) is 0 Å². The standard InChI is InChI=1S/C26H32ClN3O2S/c1-17-14-18(2)21(19(3)15-17)16-24(31)30(9-5-8-29-10-12-32-13-11-29)26-28-25-20(4)22(27)6-7-23(25)33-26/h6-7,14-15H,5,8-13,16H2,1-4H3. The van der Waals surface area contributed by atoms with Crippen molar-refractivity contribution >= 4 is 44.2 Å². The summed E-state index contributed by atoms with van der Waals surface area (Å²) < 4.78 is 6.52. The van der Waals surface area contributed by atoms with Crippen molar-refractivity contribution in [2.24, 2.45) is 0 Å². The van der Waals surface area contributed by atoms with Gasteiger partial charge in [-0.2, -0.15) is 0 Å². The van der Waals surface area contributed by atoms with Crippen LogP contribution in [0.3, 0.4) is 0 Å². The summed E-state index contributed by atoms with van der Waals surface area (Å²) in [5.74, 6) is 0.0924. The van der Waals surface area contributed by atoms with Crippen molar-refractivity contribution in [1.29, 1.82) is 0 Å². The van der Waals surface area contributed by atoms with Gasteiger partial charge in [0.25, 0.3) is 0 Å². The number of carbonyl (C=O) groups excluding carboxylic acids is 1. The van der Waals surface area contributed by atoms with Gasteiger partial charge in [0.05, 0.1) is 29.9 Å². The van der Waals surface area contributed by atoms with Gasteiger partial charge in [-0.3, -0.25) is 14.6 Å². The Bertz CT molecular complexity index is 1130. The number of thiazole rings is 1. The number of amides is 1. The number of aryl methyl sites for hydroxylation is 4. The zero-order valence-electron chi connectivity index (χ0n) is 19.9. The van der Waals surface area contributed by atoms with Gasteiger partial charge in [-0.05, 0) is 68.5 Å². The number of benzene rings is 2. The third-order valence-electron chi connectivity index (χ3n) is 6.40. The maximum Gasteiger partial charge on any atom is 0.233 e. The monoisotopic (exact) mass is 485 g/mol. The Balaban J connectivity index is 1.59. The number of ether oxygens (including phenoxy) is 1. The first-order valence-corrected chi connectivity index (χ1v) is 12.8. The Morgan fingerprint density at radius 3 is 2.55 bits per heavy atom. The first-order valence-electron chi connectivity index (χ1n) is 11.6. The SMILES string of the molecule is Cc1cc(C)c(CC(=O)N(CCCN2CCOCC2)c2nc3c(C)c(Cl)ccc3s2)c(C)c1. The molecule has 33 heavy (non-hydrogen) atoms. The number of fused-ring (bicyclic) bond motifs is 1. The molecule has 0 radical (unpaired) electrons. The number of anilines is 1. The number of rotatable bonds is 7. The van der Waals surface area contributed by atoms with E-state index < -0.39 is 0 Å². The molecule has 0 N–H and O–H groups in total. The van der Waals surface area contributed by atoms with E-state index in [2.05, 4.69) is 37.8 Å². The third kappa shape index (κ3) is 5.57. The van der Waals surface area contributed by atoms with Gasteiger partial charge in [0.15, 0.2) is 5.13 Å². The molecule has 2 aromatic carbocycles. The molecule has 1 saturated heterocycles. The average molecular weight is 486 g/mol. The maximum absolute atomic E-state index is 13.6. The number of carbonyl (C=O) groups is 1. The smallest absolute Gasteiger partial charge is 0.233 e. The second-order valence-corrected chi connectivity index (χ2v) is 10.3. The first kappa shape index (κ1) is 24.1. The molecule has 7 heteroatoms. The summed E-state index contributed by atoms with van der Waals surface area (Å²) in [5, 5.41) is 1.46. The van der Waals surface area contributed by atoms with Crippen molar-refractivity contribution in [2.45, 2.75) is 40.5 Å². The molecule has 0 aliphatic carbocycles. The number of nitrogens with zero attached hydrogens (tertiary/aromatic N) is 3. The van der Waals surface area contributed by atoms with Gasteiger partial charge in [-0.1, -0.05) is 40.6 Å². The number of hydrogen-bond donors (Lipinski definition) is 0. The molecule has 0 bridgehead atoms. The van der Waals surface area contributed by atoms with E-state index in [4.69, 9.17) is 21.3 Å². The molecule has 0 spiro atoms. The summed E-state index contributed by atoms with van der Waals surface area (Å²) in [6.07, 6.45) is 1.28. The van der Waals surface area contributed by atoms with Crippen LogP contribution >= 0.6 is 22.9 Å². The molecule has 0 atom stereocenters. The summed E-state index contributed by atoms with van der Waals surface area (Å²) in [6, 6.07) is 8.21. The molecule has 1 aromatic heterocycles. The van der Waals surface area contributed by atoms with E-state index in [1.807, 2.05) is 24.0 Å². The molecule has 0 unspecified atom stereocenters. The van der Waals surface area contributed by atoms with Crippen LogP contribution in [0.4, 0.5) is 5.13 Å². The van der Waals surface area contributed by atoms with Gasteiger partial charge >= 0.3 is 0 Å². The number of hydrogen-bond acceptors (Lipinski definition) is 5. The lowest BCUT2D eigenvalue weighted by Crippen LogP contribution is -2.39. The van der Waals surface area contributed by atoms with E-state index in [0.717, 1.165) is 65.7 Å². The van der Waals surface area contributed by atoms with Crippen molar-refractivity contribution in [1.82, 2.24) is 9.88 Å². The zero-order chi connectivity index (χ0) is 23.5. The predicted molar refractivity (Wildman–Crippen MR) is 138 cm³/mol. The minimum atomic E-state index is 0.0924. The topological polar surface area (TPSA) is 45.7 Å². The van der Waals surface area contributed by atoms with Crippen LogP contribution in [0.2, 0.25) is 5.02 Å². The normalized spacial score (nSPS) is 14.7. The molecule has 1 aliphatic rings. The Morgan fingerprint density at radius 2 is 1.85 bits per heavy atom. The Morgan fingerprint density at radius 1 is 1.15 bits per heavy atom. The fourth-order valence-electron chi connectivity index (χ4n) is 4.54. The van der Waals surface area contributed by atoms with Gasteiger partial charge in [0.1, 0.15) is 0 Å². The molecule has 1 amide bonds. The van der Waals surface area contributed by atoms with Crippen molar-refractivity contribution in [3.8, 4) is 0 Å². The van der Waals surface area contributed by atoms with Crippen LogP contribution in [-0.4, -0.2) is 55.2 Å². The number of halogens is 1. The van der Waals surface area contributed by atoms with Gasteiger partial charge in [-0.25, -0.2) is 4.98 Å². The van der Waals surface area contributed by atoms with Crippen LogP contribution in [0, 0.1) is 27.7 Å². The highest BCUT2D eigenvalue weighted by atomic mass is 35.5.